The Bertz CT molecular complexity index is 922. The van der Waals surface area contributed by atoms with Gasteiger partial charge >= 0.3 is 6.18 Å². The van der Waals surface area contributed by atoms with E-state index in [4.69, 9.17) is 0 Å². The number of H-pyrrole nitrogens is 1. The highest BCUT2D eigenvalue weighted by Crippen LogP contribution is 2.31. The summed E-state index contributed by atoms with van der Waals surface area (Å²) in [5.41, 5.74) is 0.609. The van der Waals surface area contributed by atoms with Gasteiger partial charge in [-0.15, -0.1) is 0 Å². The zero-order chi connectivity index (χ0) is 16.8. The highest BCUT2D eigenvalue weighted by Gasteiger charge is 2.30. The van der Waals surface area contributed by atoms with Crippen LogP contribution in [0.3, 0.4) is 0 Å². The van der Waals surface area contributed by atoms with Gasteiger partial charge in [0.2, 0.25) is 0 Å². The summed E-state index contributed by atoms with van der Waals surface area (Å²) in [5.74, 6) is 0.125. The molecular formula is C16H14F3N3O. The molecule has 0 aliphatic heterocycles. The van der Waals surface area contributed by atoms with E-state index in [2.05, 4.69) is 10.1 Å². The van der Waals surface area contributed by atoms with E-state index in [1.54, 1.807) is 6.20 Å². The molecule has 0 amide bonds. The summed E-state index contributed by atoms with van der Waals surface area (Å²) in [6, 6.07) is 6.03. The Balaban J connectivity index is 2.21. The molecule has 0 aliphatic carbocycles. The Morgan fingerprint density at radius 2 is 1.96 bits per heavy atom. The van der Waals surface area contributed by atoms with Crippen molar-refractivity contribution in [3.8, 4) is 11.3 Å². The normalized spacial score (nSPS) is 12.3. The molecule has 7 heteroatoms. The van der Waals surface area contributed by atoms with E-state index in [1.165, 1.54) is 22.7 Å². The molecule has 0 saturated heterocycles. The molecular weight excluding hydrogens is 307 g/mol. The van der Waals surface area contributed by atoms with Crippen molar-refractivity contribution in [2.45, 2.75) is 25.9 Å². The van der Waals surface area contributed by atoms with Crippen LogP contribution in [-0.2, 0) is 6.18 Å². The molecule has 0 spiro atoms. The van der Waals surface area contributed by atoms with Gasteiger partial charge in [0.1, 0.15) is 0 Å². The first-order chi connectivity index (χ1) is 10.8. The third-order valence-electron chi connectivity index (χ3n) is 3.63. The second-order valence-corrected chi connectivity index (χ2v) is 5.60. The number of nitrogens with zero attached hydrogens (tertiary/aromatic N) is 2. The van der Waals surface area contributed by atoms with Crippen LogP contribution in [0.1, 0.15) is 30.9 Å². The van der Waals surface area contributed by atoms with Gasteiger partial charge in [0, 0.05) is 23.4 Å². The number of aromatic amines is 1. The predicted molar refractivity (Wildman–Crippen MR) is 80.3 cm³/mol. The van der Waals surface area contributed by atoms with Crippen LogP contribution in [0, 0.1) is 0 Å². The van der Waals surface area contributed by atoms with Gasteiger partial charge in [0.15, 0.2) is 5.65 Å². The topological polar surface area (TPSA) is 50.2 Å². The number of benzene rings is 1. The summed E-state index contributed by atoms with van der Waals surface area (Å²) in [6.07, 6.45) is -2.75. The van der Waals surface area contributed by atoms with Crippen molar-refractivity contribution < 1.29 is 13.2 Å². The number of fused-ring (bicyclic) bond motifs is 1. The third-order valence-corrected chi connectivity index (χ3v) is 3.63. The van der Waals surface area contributed by atoms with Gasteiger partial charge in [-0.3, -0.25) is 9.89 Å². The highest BCUT2D eigenvalue weighted by atomic mass is 19.4. The first-order valence-corrected chi connectivity index (χ1v) is 7.06. The summed E-state index contributed by atoms with van der Waals surface area (Å²) in [4.78, 5) is 16.5. The van der Waals surface area contributed by atoms with Crippen molar-refractivity contribution in [1.82, 2.24) is 14.6 Å². The van der Waals surface area contributed by atoms with Gasteiger partial charge in [-0.25, -0.2) is 9.50 Å². The van der Waals surface area contributed by atoms with Gasteiger partial charge in [-0.1, -0.05) is 26.0 Å². The molecule has 0 atom stereocenters. The molecule has 3 rings (SSSR count). The van der Waals surface area contributed by atoms with Gasteiger partial charge < -0.3 is 0 Å². The lowest BCUT2D eigenvalue weighted by molar-refractivity contribution is -0.137. The minimum atomic E-state index is -4.44. The fourth-order valence-electron chi connectivity index (χ4n) is 2.43. The van der Waals surface area contributed by atoms with Crippen LogP contribution in [0.25, 0.3) is 16.9 Å². The molecule has 1 aromatic carbocycles. The van der Waals surface area contributed by atoms with E-state index in [0.29, 0.717) is 5.65 Å². The van der Waals surface area contributed by atoms with E-state index in [0.717, 1.165) is 17.7 Å². The number of rotatable bonds is 2. The number of hydrogen-bond acceptors (Lipinski definition) is 2. The predicted octanol–water partition coefficient (Wildman–Crippen LogP) is 3.83. The fraction of sp³-hybridized carbons (Fsp3) is 0.250. The average molecular weight is 321 g/mol. The molecule has 120 valence electrons. The second-order valence-electron chi connectivity index (χ2n) is 5.60. The minimum Gasteiger partial charge on any atom is -0.297 e. The Morgan fingerprint density at radius 1 is 1.22 bits per heavy atom. The lowest BCUT2D eigenvalue weighted by atomic mass is 10.1. The van der Waals surface area contributed by atoms with Crippen LogP contribution in [-0.4, -0.2) is 14.6 Å². The van der Waals surface area contributed by atoms with E-state index in [-0.39, 0.29) is 22.7 Å². The lowest BCUT2D eigenvalue weighted by Crippen LogP contribution is -2.14. The highest BCUT2D eigenvalue weighted by molar-refractivity contribution is 5.63. The van der Waals surface area contributed by atoms with Crippen LogP contribution in [0.4, 0.5) is 13.2 Å². The van der Waals surface area contributed by atoms with Crippen LogP contribution in [0.2, 0.25) is 0 Å². The first-order valence-electron chi connectivity index (χ1n) is 7.06. The number of halogens is 3. The summed E-state index contributed by atoms with van der Waals surface area (Å²) >= 11 is 0. The standard InChI is InChI=1S/C16H14F3N3O/c1-9(2)12-8-20-22-14(23)7-13(21-15(12)22)10-4-3-5-11(6-10)16(17,18)19/h3-9,20H,1-2H3. The van der Waals surface area contributed by atoms with Crippen LogP contribution in [0.5, 0.6) is 0 Å². The number of hydrogen-bond donors (Lipinski definition) is 1. The molecule has 0 saturated carbocycles. The molecule has 1 N–H and O–H groups in total. The van der Waals surface area contributed by atoms with Gasteiger partial charge in [-0.2, -0.15) is 13.2 Å². The maximum absolute atomic E-state index is 12.8. The average Bonchev–Trinajstić information content (AvgIpc) is 2.91. The Hall–Kier alpha value is -2.57. The van der Waals surface area contributed by atoms with Crippen molar-refractivity contribution in [3.05, 3.63) is 58.0 Å². The molecule has 0 unspecified atom stereocenters. The molecule has 2 aromatic heterocycles. The first kappa shape index (κ1) is 15.3. The van der Waals surface area contributed by atoms with Crippen LogP contribution >= 0.6 is 0 Å². The van der Waals surface area contributed by atoms with Crippen molar-refractivity contribution >= 4 is 5.65 Å². The molecule has 4 nitrogen and oxygen atoms in total. The molecule has 0 bridgehead atoms. The van der Waals surface area contributed by atoms with Crippen molar-refractivity contribution in [1.29, 1.82) is 0 Å². The van der Waals surface area contributed by atoms with E-state index in [9.17, 15) is 18.0 Å². The minimum absolute atomic E-state index is 0.125. The number of alkyl halides is 3. The summed E-state index contributed by atoms with van der Waals surface area (Å²) < 4.78 is 39.8. The zero-order valence-corrected chi connectivity index (χ0v) is 12.5. The third kappa shape index (κ3) is 2.74. The van der Waals surface area contributed by atoms with Crippen LogP contribution < -0.4 is 5.56 Å². The van der Waals surface area contributed by atoms with Gasteiger partial charge in [0.25, 0.3) is 5.56 Å². The molecule has 3 aromatic rings. The zero-order valence-electron chi connectivity index (χ0n) is 12.5. The SMILES string of the molecule is CC(C)c1c[nH]n2c(=O)cc(-c3cccc(C(F)(F)F)c3)nc12. The largest absolute Gasteiger partial charge is 0.416 e. The quantitative estimate of drug-likeness (QED) is 0.780. The number of nitrogens with one attached hydrogen (secondary N) is 1. The molecule has 2 heterocycles. The molecule has 0 fully saturated rings. The number of aromatic nitrogens is 3. The maximum atomic E-state index is 12.8. The summed E-state index contributed by atoms with van der Waals surface area (Å²) in [5, 5.41) is 2.81. The summed E-state index contributed by atoms with van der Waals surface area (Å²) in [7, 11) is 0. The monoisotopic (exact) mass is 321 g/mol. The van der Waals surface area contributed by atoms with Crippen molar-refractivity contribution in [2.75, 3.05) is 0 Å². The fourth-order valence-corrected chi connectivity index (χ4v) is 2.43. The summed E-state index contributed by atoms with van der Waals surface area (Å²) in [6.45, 7) is 3.90. The Kier molecular flexibility index (Phi) is 3.50. The molecule has 23 heavy (non-hydrogen) atoms. The Labute approximate surface area is 129 Å². The van der Waals surface area contributed by atoms with Crippen LogP contribution in [0.15, 0.2) is 41.3 Å². The van der Waals surface area contributed by atoms with Gasteiger partial charge in [-0.05, 0) is 18.1 Å². The molecule has 0 aliphatic rings. The molecule has 0 radical (unpaired) electrons. The van der Waals surface area contributed by atoms with Crippen molar-refractivity contribution in [2.24, 2.45) is 0 Å². The smallest absolute Gasteiger partial charge is 0.297 e. The van der Waals surface area contributed by atoms with Gasteiger partial charge in [0.05, 0.1) is 11.3 Å². The van der Waals surface area contributed by atoms with Crippen molar-refractivity contribution in [3.63, 3.8) is 0 Å². The van der Waals surface area contributed by atoms with E-state index in [1.807, 2.05) is 13.8 Å². The Morgan fingerprint density at radius 3 is 2.61 bits per heavy atom. The second kappa shape index (κ2) is 5.26. The lowest BCUT2D eigenvalue weighted by Gasteiger charge is -2.09. The van der Waals surface area contributed by atoms with E-state index < -0.39 is 11.7 Å². The maximum Gasteiger partial charge on any atom is 0.416 e. The van der Waals surface area contributed by atoms with E-state index >= 15 is 0 Å².